The summed E-state index contributed by atoms with van der Waals surface area (Å²) in [5.74, 6) is 0.797. The molecule has 0 atom stereocenters. The third-order valence-electron chi connectivity index (χ3n) is 5.10. The van der Waals surface area contributed by atoms with Gasteiger partial charge < -0.3 is 19.2 Å². The van der Waals surface area contributed by atoms with Gasteiger partial charge in [0.2, 0.25) is 5.91 Å². The van der Waals surface area contributed by atoms with Gasteiger partial charge in [-0.1, -0.05) is 23.2 Å². The monoisotopic (exact) mass is 530 g/mol. The minimum absolute atomic E-state index is 0.139. The zero-order chi connectivity index (χ0) is 24.5. The minimum atomic E-state index is -0.587. The van der Waals surface area contributed by atoms with Crippen molar-refractivity contribution in [3.63, 3.8) is 0 Å². The van der Waals surface area contributed by atoms with E-state index in [-0.39, 0.29) is 4.91 Å². The van der Waals surface area contributed by atoms with E-state index in [0.29, 0.717) is 57.5 Å². The van der Waals surface area contributed by atoms with Gasteiger partial charge in [0.1, 0.15) is 31.3 Å². The van der Waals surface area contributed by atoms with Crippen LogP contribution in [0.5, 0.6) is 11.5 Å². The summed E-state index contributed by atoms with van der Waals surface area (Å²) in [5, 5.41) is 3.07. The highest BCUT2D eigenvalue weighted by Gasteiger charge is 2.36. The normalized spacial score (nSPS) is 16.2. The van der Waals surface area contributed by atoms with Crippen molar-refractivity contribution in [3.8, 4) is 22.8 Å². The maximum Gasteiger partial charge on any atom is 0.294 e. The second kappa shape index (κ2) is 9.69. The second-order valence-electron chi connectivity index (χ2n) is 7.50. The third kappa shape index (κ3) is 5.02. The lowest BCUT2D eigenvalue weighted by Gasteiger charge is -2.19. The fourth-order valence-corrected chi connectivity index (χ4v) is 4.69. The Morgan fingerprint density at radius 2 is 1.83 bits per heavy atom. The molecule has 1 aromatic heterocycles. The van der Waals surface area contributed by atoms with Crippen molar-refractivity contribution in [2.45, 2.75) is 0 Å². The molecule has 1 saturated heterocycles. The first-order valence-corrected chi connectivity index (χ1v) is 11.9. The van der Waals surface area contributed by atoms with E-state index in [1.807, 2.05) is 0 Å². The highest BCUT2D eigenvalue weighted by molar-refractivity contribution is 8.18. The molecule has 11 heteroatoms. The first-order valence-electron chi connectivity index (χ1n) is 10.4. The van der Waals surface area contributed by atoms with Crippen LogP contribution in [0.2, 0.25) is 10.0 Å². The number of halogens is 2. The summed E-state index contributed by atoms with van der Waals surface area (Å²) in [4.78, 5) is 38.7. The van der Waals surface area contributed by atoms with Gasteiger partial charge in [-0.3, -0.25) is 19.3 Å². The first kappa shape index (κ1) is 23.3. The number of fused-ring (bicyclic) bond motifs is 1. The molecule has 0 spiro atoms. The van der Waals surface area contributed by atoms with Crippen molar-refractivity contribution in [1.82, 2.24) is 4.90 Å². The Balaban J connectivity index is 1.26. The number of benzene rings is 2. The van der Waals surface area contributed by atoms with Crippen LogP contribution in [-0.4, -0.2) is 41.7 Å². The third-order valence-corrected chi connectivity index (χ3v) is 6.57. The van der Waals surface area contributed by atoms with Crippen LogP contribution in [0.4, 0.5) is 10.5 Å². The van der Waals surface area contributed by atoms with Gasteiger partial charge in [0.05, 0.1) is 9.93 Å². The summed E-state index contributed by atoms with van der Waals surface area (Å²) >= 11 is 13.0. The molecule has 0 saturated carbocycles. The zero-order valence-corrected chi connectivity index (χ0v) is 20.2. The van der Waals surface area contributed by atoms with Crippen LogP contribution in [0.25, 0.3) is 17.4 Å². The summed E-state index contributed by atoms with van der Waals surface area (Å²) < 4.78 is 16.7. The Labute approximate surface area is 213 Å². The van der Waals surface area contributed by atoms with Crippen molar-refractivity contribution >= 4 is 63.8 Å². The molecule has 35 heavy (non-hydrogen) atoms. The summed E-state index contributed by atoms with van der Waals surface area (Å²) in [6.07, 6.45) is 1.45. The molecule has 2 aliphatic rings. The largest absolute Gasteiger partial charge is 0.486 e. The molecule has 5 rings (SSSR count). The van der Waals surface area contributed by atoms with Crippen LogP contribution in [0.15, 0.2) is 57.9 Å². The number of carbonyl (C=O) groups is 3. The molecule has 178 valence electrons. The molecular formula is C24H16Cl2N2O6S. The van der Waals surface area contributed by atoms with Crippen LogP contribution in [0, 0.1) is 0 Å². The van der Waals surface area contributed by atoms with Crippen LogP contribution >= 0.6 is 35.0 Å². The molecule has 0 aliphatic carbocycles. The molecule has 1 fully saturated rings. The summed E-state index contributed by atoms with van der Waals surface area (Å²) in [6, 6.07) is 13.3. The lowest BCUT2D eigenvalue weighted by atomic mass is 10.2. The number of hydrogen-bond donors (Lipinski definition) is 1. The number of hydrogen-bond acceptors (Lipinski definition) is 7. The van der Waals surface area contributed by atoms with Crippen LogP contribution < -0.4 is 14.8 Å². The van der Waals surface area contributed by atoms with E-state index in [2.05, 4.69) is 5.32 Å². The molecule has 8 nitrogen and oxygen atoms in total. The highest BCUT2D eigenvalue weighted by Crippen LogP contribution is 2.36. The number of rotatable bonds is 5. The number of ether oxygens (including phenoxy) is 2. The topological polar surface area (TPSA) is 98.1 Å². The molecule has 0 radical (unpaired) electrons. The number of thioether (sulfide) groups is 1. The smallest absolute Gasteiger partial charge is 0.294 e. The van der Waals surface area contributed by atoms with Gasteiger partial charge >= 0.3 is 0 Å². The molecule has 0 unspecified atom stereocenters. The van der Waals surface area contributed by atoms with E-state index >= 15 is 0 Å². The van der Waals surface area contributed by atoms with Crippen molar-refractivity contribution in [1.29, 1.82) is 0 Å². The number of furan rings is 1. The first-order chi connectivity index (χ1) is 16.9. The van der Waals surface area contributed by atoms with Crippen LogP contribution in [-0.2, 0) is 9.59 Å². The highest BCUT2D eigenvalue weighted by atomic mass is 35.5. The van der Waals surface area contributed by atoms with E-state index in [1.54, 1.807) is 48.5 Å². The van der Waals surface area contributed by atoms with Crippen molar-refractivity contribution in [3.05, 3.63) is 69.2 Å². The van der Waals surface area contributed by atoms with Gasteiger partial charge in [0.15, 0.2) is 11.5 Å². The van der Waals surface area contributed by atoms with Gasteiger partial charge in [-0.15, -0.1) is 0 Å². The molecule has 0 bridgehead atoms. The number of imide groups is 1. The lowest BCUT2D eigenvalue weighted by molar-refractivity contribution is -0.127. The van der Waals surface area contributed by atoms with Gasteiger partial charge in [-0.2, -0.15) is 0 Å². The van der Waals surface area contributed by atoms with Gasteiger partial charge in [-0.05, 0) is 54.2 Å². The van der Waals surface area contributed by atoms with E-state index in [9.17, 15) is 14.4 Å². The zero-order valence-electron chi connectivity index (χ0n) is 17.9. The number of nitrogens with zero attached hydrogens (tertiary/aromatic N) is 1. The number of anilines is 1. The standard InChI is InChI=1S/C24H16Cl2N2O6S/c25-13-1-4-17(26)16(9-13)18-6-3-15(34-18)11-21-23(30)28(24(31)35-21)12-22(29)27-14-2-5-19-20(10-14)33-8-7-32-19/h1-6,9-11H,7-8,12H2,(H,27,29)/b21-11+. The average molecular weight is 531 g/mol. The SMILES string of the molecule is O=C(CN1C(=O)S/C(=C/c2ccc(-c3cc(Cl)ccc3Cl)o2)C1=O)Nc1ccc2c(c1)OCCO2. The van der Waals surface area contributed by atoms with E-state index in [0.717, 1.165) is 16.7 Å². The predicted octanol–water partition coefficient (Wildman–Crippen LogP) is 5.70. The molecule has 3 aromatic rings. The van der Waals surface area contributed by atoms with E-state index in [4.69, 9.17) is 37.1 Å². The fraction of sp³-hybridized carbons (Fsp3) is 0.125. The van der Waals surface area contributed by atoms with Gasteiger partial charge in [0, 0.05) is 28.4 Å². The van der Waals surface area contributed by atoms with Crippen molar-refractivity contribution < 1.29 is 28.3 Å². The molecule has 1 N–H and O–H groups in total. The Morgan fingerprint density at radius 3 is 2.66 bits per heavy atom. The van der Waals surface area contributed by atoms with E-state index < -0.39 is 23.6 Å². The maximum atomic E-state index is 12.8. The molecule has 2 aliphatic heterocycles. The van der Waals surface area contributed by atoms with Crippen molar-refractivity contribution in [2.24, 2.45) is 0 Å². The van der Waals surface area contributed by atoms with Gasteiger partial charge in [-0.25, -0.2) is 0 Å². The van der Waals surface area contributed by atoms with Crippen LogP contribution in [0.1, 0.15) is 5.76 Å². The van der Waals surface area contributed by atoms with E-state index in [1.165, 1.54) is 6.08 Å². The van der Waals surface area contributed by atoms with Crippen molar-refractivity contribution in [2.75, 3.05) is 25.1 Å². The number of nitrogens with one attached hydrogen (secondary N) is 1. The fourth-order valence-electron chi connectivity index (χ4n) is 3.49. The van der Waals surface area contributed by atoms with Crippen LogP contribution in [0.3, 0.4) is 0 Å². The molecule has 2 aromatic carbocycles. The quantitative estimate of drug-likeness (QED) is 0.422. The second-order valence-corrected chi connectivity index (χ2v) is 9.34. The Kier molecular flexibility index (Phi) is 6.46. The Morgan fingerprint density at radius 1 is 1.03 bits per heavy atom. The average Bonchev–Trinajstić information content (AvgIpc) is 3.40. The summed E-state index contributed by atoms with van der Waals surface area (Å²) in [6.45, 7) is 0.438. The minimum Gasteiger partial charge on any atom is -0.486 e. The summed E-state index contributed by atoms with van der Waals surface area (Å²) in [5.41, 5.74) is 1.06. The Bertz CT molecular complexity index is 1390. The molecular weight excluding hydrogens is 515 g/mol. The molecule has 3 amide bonds. The predicted molar refractivity (Wildman–Crippen MR) is 133 cm³/mol. The number of carbonyl (C=O) groups excluding carboxylic acids is 3. The van der Waals surface area contributed by atoms with Gasteiger partial charge in [0.25, 0.3) is 11.1 Å². The lowest BCUT2D eigenvalue weighted by Crippen LogP contribution is -2.36. The Hall–Kier alpha value is -3.40. The summed E-state index contributed by atoms with van der Waals surface area (Å²) in [7, 11) is 0. The molecule has 3 heterocycles. The number of amides is 3. The maximum absolute atomic E-state index is 12.8.